The van der Waals surface area contributed by atoms with Crippen molar-refractivity contribution < 1.29 is 9.53 Å². The maximum Gasteiger partial charge on any atom is 0.343 e. The second kappa shape index (κ2) is 6.06. The summed E-state index contributed by atoms with van der Waals surface area (Å²) in [7, 11) is 1.33. The van der Waals surface area contributed by atoms with Gasteiger partial charge in [0.25, 0.3) is 0 Å². The highest BCUT2D eigenvalue weighted by molar-refractivity contribution is 6.09. The minimum Gasteiger partial charge on any atom is -0.465 e. The third kappa shape index (κ3) is 2.31. The fourth-order valence-corrected chi connectivity index (χ4v) is 3.54. The number of anilines is 1. The van der Waals surface area contributed by atoms with Crippen molar-refractivity contribution >= 4 is 44.8 Å². The number of esters is 1. The zero-order chi connectivity index (χ0) is 19.3. The van der Waals surface area contributed by atoms with Crippen LogP contribution in [0.15, 0.2) is 66.7 Å². The second-order valence-corrected chi connectivity index (χ2v) is 6.50. The Kier molecular flexibility index (Phi) is 3.52. The molecule has 5 rings (SSSR count). The summed E-state index contributed by atoms with van der Waals surface area (Å²) >= 11 is 0. The van der Waals surface area contributed by atoms with Gasteiger partial charge >= 0.3 is 5.97 Å². The molecule has 6 nitrogen and oxygen atoms in total. The fourth-order valence-electron chi connectivity index (χ4n) is 3.54. The minimum atomic E-state index is -0.536. The molecule has 0 spiro atoms. The molecule has 6 heteroatoms. The fraction of sp³-hybridized carbons (Fsp3) is 0.0455. The molecule has 0 atom stereocenters. The Morgan fingerprint density at radius 3 is 2.36 bits per heavy atom. The Morgan fingerprint density at radius 2 is 1.61 bits per heavy atom. The molecule has 0 unspecified atom stereocenters. The first-order valence-electron chi connectivity index (χ1n) is 8.81. The molecule has 2 heterocycles. The van der Waals surface area contributed by atoms with Crippen LogP contribution in [-0.4, -0.2) is 27.6 Å². The molecule has 0 saturated heterocycles. The van der Waals surface area contributed by atoms with E-state index in [0.29, 0.717) is 16.7 Å². The second-order valence-electron chi connectivity index (χ2n) is 6.50. The van der Waals surface area contributed by atoms with E-state index in [2.05, 4.69) is 4.98 Å². The summed E-state index contributed by atoms with van der Waals surface area (Å²) in [6, 6.07) is 21.6. The number of carbonyl (C=O) groups excluding carboxylic acids is 1. The van der Waals surface area contributed by atoms with Crippen LogP contribution in [0.4, 0.5) is 5.82 Å². The van der Waals surface area contributed by atoms with Crippen molar-refractivity contribution in [3.05, 3.63) is 72.3 Å². The number of nitrogen functional groups attached to an aromatic ring is 1. The molecule has 2 aromatic heterocycles. The molecule has 0 aliphatic heterocycles. The van der Waals surface area contributed by atoms with E-state index in [1.54, 1.807) is 4.57 Å². The topological polar surface area (TPSA) is 83.0 Å². The van der Waals surface area contributed by atoms with Crippen molar-refractivity contribution in [1.82, 2.24) is 14.5 Å². The lowest BCUT2D eigenvalue weighted by Gasteiger charge is -2.09. The molecule has 0 fully saturated rings. The standard InChI is InChI=1S/C22H16N4O2/c1-28-22(27)18-19-21(25-17-9-5-4-8-16(17)24-19)26(20(18)23)15-11-10-13-6-2-3-7-14(13)12-15/h2-12H,23H2,1H3. The summed E-state index contributed by atoms with van der Waals surface area (Å²) in [6.07, 6.45) is 0. The Morgan fingerprint density at radius 1 is 0.929 bits per heavy atom. The van der Waals surface area contributed by atoms with Crippen LogP contribution >= 0.6 is 0 Å². The zero-order valence-electron chi connectivity index (χ0n) is 15.1. The Hall–Kier alpha value is -3.93. The Labute approximate surface area is 160 Å². The number of para-hydroxylation sites is 2. The molecule has 28 heavy (non-hydrogen) atoms. The molecular weight excluding hydrogens is 352 g/mol. The molecule has 0 bridgehead atoms. The van der Waals surface area contributed by atoms with Crippen LogP contribution < -0.4 is 5.73 Å². The van der Waals surface area contributed by atoms with Crippen molar-refractivity contribution in [3.8, 4) is 5.69 Å². The average molecular weight is 368 g/mol. The van der Waals surface area contributed by atoms with E-state index in [0.717, 1.165) is 22.0 Å². The predicted octanol–water partition coefficient (Wildman–Crippen LogP) is 4.10. The number of hydrogen-bond donors (Lipinski definition) is 1. The normalized spacial score (nSPS) is 11.3. The number of nitrogens with zero attached hydrogens (tertiary/aromatic N) is 3. The first-order chi connectivity index (χ1) is 13.7. The molecular formula is C22H16N4O2. The highest BCUT2D eigenvalue weighted by Gasteiger charge is 2.25. The monoisotopic (exact) mass is 368 g/mol. The molecule has 3 aromatic carbocycles. The van der Waals surface area contributed by atoms with E-state index >= 15 is 0 Å². The number of methoxy groups -OCH3 is 1. The van der Waals surface area contributed by atoms with Gasteiger partial charge in [-0.15, -0.1) is 0 Å². The van der Waals surface area contributed by atoms with Crippen LogP contribution in [0.2, 0.25) is 0 Å². The number of hydrogen-bond acceptors (Lipinski definition) is 5. The summed E-state index contributed by atoms with van der Waals surface area (Å²) in [5, 5.41) is 2.18. The molecule has 0 saturated carbocycles. The number of benzene rings is 3. The highest BCUT2D eigenvalue weighted by Crippen LogP contribution is 2.32. The van der Waals surface area contributed by atoms with E-state index in [1.807, 2.05) is 66.7 Å². The van der Waals surface area contributed by atoms with E-state index in [9.17, 15) is 4.79 Å². The third-order valence-electron chi connectivity index (χ3n) is 4.88. The van der Waals surface area contributed by atoms with Crippen molar-refractivity contribution in [1.29, 1.82) is 0 Å². The zero-order valence-corrected chi connectivity index (χ0v) is 15.1. The van der Waals surface area contributed by atoms with Gasteiger partial charge in [-0.05, 0) is 35.0 Å². The van der Waals surface area contributed by atoms with Crippen LogP contribution in [0.5, 0.6) is 0 Å². The van der Waals surface area contributed by atoms with Crippen LogP contribution in [-0.2, 0) is 4.74 Å². The molecule has 136 valence electrons. The van der Waals surface area contributed by atoms with Gasteiger partial charge in [0.15, 0.2) is 5.65 Å². The molecule has 0 radical (unpaired) electrons. The van der Waals surface area contributed by atoms with Crippen molar-refractivity contribution in [2.24, 2.45) is 0 Å². The van der Waals surface area contributed by atoms with Gasteiger partial charge in [-0.1, -0.05) is 42.5 Å². The maximum atomic E-state index is 12.5. The third-order valence-corrected chi connectivity index (χ3v) is 4.88. The lowest BCUT2D eigenvalue weighted by Crippen LogP contribution is -2.07. The number of aromatic nitrogens is 3. The summed E-state index contributed by atoms with van der Waals surface area (Å²) in [5.41, 5.74) is 9.81. The summed E-state index contributed by atoms with van der Waals surface area (Å²) < 4.78 is 6.71. The van der Waals surface area contributed by atoms with Crippen molar-refractivity contribution in [2.45, 2.75) is 0 Å². The summed E-state index contributed by atoms with van der Waals surface area (Å²) in [5.74, 6) is -0.279. The minimum absolute atomic E-state index is 0.226. The predicted molar refractivity (Wildman–Crippen MR) is 110 cm³/mol. The Balaban J connectivity index is 1.89. The number of rotatable bonds is 2. The Bertz CT molecular complexity index is 1390. The van der Waals surface area contributed by atoms with E-state index in [1.165, 1.54) is 7.11 Å². The van der Waals surface area contributed by atoms with Crippen LogP contribution in [0, 0.1) is 0 Å². The van der Waals surface area contributed by atoms with E-state index in [4.69, 9.17) is 15.5 Å². The quantitative estimate of drug-likeness (QED) is 0.474. The molecule has 0 aliphatic carbocycles. The van der Waals surface area contributed by atoms with Gasteiger partial charge in [-0.2, -0.15) is 0 Å². The van der Waals surface area contributed by atoms with Crippen molar-refractivity contribution in [2.75, 3.05) is 12.8 Å². The number of fused-ring (bicyclic) bond motifs is 3. The molecule has 0 aliphatic rings. The van der Waals surface area contributed by atoms with Gasteiger partial charge in [0.05, 0.1) is 18.1 Å². The average Bonchev–Trinajstić information content (AvgIpc) is 3.01. The van der Waals surface area contributed by atoms with Gasteiger partial charge in [-0.25, -0.2) is 14.8 Å². The van der Waals surface area contributed by atoms with Gasteiger partial charge in [0, 0.05) is 5.69 Å². The molecule has 2 N–H and O–H groups in total. The first kappa shape index (κ1) is 16.3. The van der Waals surface area contributed by atoms with Gasteiger partial charge in [-0.3, -0.25) is 4.57 Å². The van der Waals surface area contributed by atoms with E-state index < -0.39 is 5.97 Å². The van der Waals surface area contributed by atoms with Crippen LogP contribution in [0.3, 0.4) is 0 Å². The largest absolute Gasteiger partial charge is 0.465 e. The highest BCUT2D eigenvalue weighted by atomic mass is 16.5. The van der Waals surface area contributed by atoms with Crippen LogP contribution in [0.25, 0.3) is 38.7 Å². The lowest BCUT2D eigenvalue weighted by molar-refractivity contribution is 0.0604. The van der Waals surface area contributed by atoms with Crippen molar-refractivity contribution in [3.63, 3.8) is 0 Å². The summed E-state index contributed by atoms with van der Waals surface area (Å²) in [4.78, 5) is 21.9. The number of nitrogens with two attached hydrogens (primary N) is 1. The maximum absolute atomic E-state index is 12.5. The SMILES string of the molecule is COC(=O)c1c(N)n(-c2ccc3ccccc3c2)c2nc3ccccc3nc12. The summed E-state index contributed by atoms with van der Waals surface area (Å²) in [6.45, 7) is 0. The first-order valence-corrected chi connectivity index (χ1v) is 8.81. The number of carbonyl (C=O) groups is 1. The molecule has 5 aromatic rings. The lowest BCUT2D eigenvalue weighted by atomic mass is 10.1. The smallest absolute Gasteiger partial charge is 0.343 e. The van der Waals surface area contributed by atoms with Gasteiger partial charge in [0.2, 0.25) is 0 Å². The van der Waals surface area contributed by atoms with Gasteiger partial charge in [0.1, 0.15) is 16.9 Å². The van der Waals surface area contributed by atoms with Gasteiger partial charge < -0.3 is 10.5 Å². The number of ether oxygens (including phenoxy) is 1. The molecule has 0 amide bonds. The van der Waals surface area contributed by atoms with E-state index in [-0.39, 0.29) is 11.4 Å². The van der Waals surface area contributed by atoms with Crippen LogP contribution in [0.1, 0.15) is 10.4 Å².